The van der Waals surface area contributed by atoms with Crippen molar-refractivity contribution in [3.63, 3.8) is 0 Å². The summed E-state index contributed by atoms with van der Waals surface area (Å²) < 4.78 is 0. The van der Waals surface area contributed by atoms with E-state index < -0.39 is 5.97 Å². The largest absolute Gasteiger partial charge is 0.480 e. The summed E-state index contributed by atoms with van der Waals surface area (Å²) in [6.07, 6.45) is 9.33. The summed E-state index contributed by atoms with van der Waals surface area (Å²) in [5.74, 6) is 2.06. The van der Waals surface area contributed by atoms with Gasteiger partial charge in [-0.1, -0.05) is 0 Å². The molecule has 1 amide bonds. The highest BCUT2D eigenvalue weighted by Gasteiger charge is 2.55. The third kappa shape index (κ3) is 2.47. The Balaban J connectivity index is 1.55. The number of hydrogen-bond donors (Lipinski definition) is 1. The summed E-state index contributed by atoms with van der Waals surface area (Å²) >= 11 is 0. The lowest BCUT2D eigenvalue weighted by atomic mass is 9.49. The average Bonchev–Trinajstić information content (AvgIpc) is 3.19. The molecule has 116 valence electrons. The molecule has 4 heteroatoms. The van der Waals surface area contributed by atoms with Crippen LogP contribution >= 0.6 is 0 Å². The van der Waals surface area contributed by atoms with Gasteiger partial charge in [-0.15, -0.1) is 0 Å². The Kier molecular flexibility index (Phi) is 3.05. The van der Waals surface area contributed by atoms with Crippen LogP contribution in [0.2, 0.25) is 0 Å². The second-order valence-corrected chi connectivity index (χ2v) is 8.22. The summed E-state index contributed by atoms with van der Waals surface area (Å²) in [7, 11) is 0. The van der Waals surface area contributed by atoms with Crippen molar-refractivity contribution in [3.8, 4) is 0 Å². The zero-order valence-electron chi connectivity index (χ0n) is 12.6. The number of carboxylic acids is 1. The molecule has 1 N–H and O–H groups in total. The average molecular weight is 291 g/mol. The third-order valence-corrected chi connectivity index (χ3v) is 6.28. The Labute approximate surface area is 125 Å². The topological polar surface area (TPSA) is 57.6 Å². The summed E-state index contributed by atoms with van der Waals surface area (Å²) in [5.41, 5.74) is -0.195. The molecule has 0 aliphatic heterocycles. The van der Waals surface area contributed by atoms with Crippen LogP contribution in [0.5, 0.6) is 0 Å². The molecule has 0 aromatic carbocycles. The number of carboxylic acid groups (broad SMARTS) is 1. The summed E-state index contributed by atoms with van der Waals surface area (Å²) in [6.45, 7) is 0.573. The zero-order chi connectivity index (χ0) is 14.6. The first-order chi connectivity index (χ1) is 10.0. The van der Waals surface area contributed by atoms with Crippen molar-refractivity contribution in [2.45, 2.75) is 51.4 Å². The Morgan fingerprint density at radius 3 is 1.95 bits per heavy atom. The number of hydrogen-bond acceptors (Lipinski definition) is 2. The van der Waals surface area contributed by atoms with E-state index in [1.165, 1.54) is 19.3 Å². The Morgan fingerprint density at radius 2 is 1.52 bits per heavy atom. The van der Waals surface area contributed by atoms with Crippen LogP contribution in [0.1, 0.15) is 51.4 Å². The fourth-order valence-corrected chi connectivity index (χ4v) is 5.70. The van der Waals surface area contributed by atoms with Crippen molar-refractivity contribution >= 4 is 11.9 Å². The molecule has 4 nitrogen and oxygen atoms in total. The predicted molar refractivity (Wildman–Crippen MR) is 77.5 cm³/mol. The maximum absolute atomic E-state index is 13.2. The van der Waals surface area contributed by atoms with Crippen LogP contribution in [0.3, 0.4) is 0 Å². The fraction of sp³-hybridized carbons (Fsp3) is 0.882. The standard InChI is InChI=1S/C17H25NO3/c19-15(20)10-18(9-11-1-2-11)16(21)17-6-12-3-13(7-17)5-14(4-12)8-17/h11-14H,1-10H2,(H,19,20). The van der Waals surface area contributed by atoms with E-state index >= 15 is 0 Å². The van der Waals surface area contributed by atoms with Gasteiger partial charge in [-0.2, -0.15) is 0 Å². The fourth-order valence-electron chi connectivity index (χ4n) is 5.70. The normalized spacial score (nSPS) is 40.3. The summed E-state index contributed by atoms with van der Waals surface area (Å²) in [4.78, 5) is 26.0. The van der Waals surface area contributed by atoms with Crippen LogP contribution < -0.4 is 0 Å². The van der Waals surface area contributed by atoms with Gasteiger partial charge in [-0.25, -0.2) is 0 Å². The van der Waals surface area contributed by atoms with Gasteiger partial charge in [0.25, 0.3) is 0 Å². The molecule has 5 aliphatic carbocycles. The third-order valence-electron chi connectivity index (χ3n) is 6.28. The van der Waals surface area contributed by atoms with Gasteiger partial charge in [0.05, 0.1) is 5.41 Å². The minimum atomic E-state index is -0.867. The maximum Gasteiger partial charge on any atom is 0.323 e. The number of aliphatic carboxylic acids is 1. The highest BCUT2D eigenvalue weighted by Crippen LogP contribution is 2.60. The molecule has 5 fully saturated rings. The number of rotatable bonds is 5. The van der Waals surface area contributed by atoms with E-state index in [1.807, 2.05) is 0 Å². The van der Waals surface area contributed by atoms with Gasteiger partial charge in [0.2, 0.25) is 5.91 Å². The molecule has 0 aromatic heterocycles. The van der Waals surface area contributed by atoms with E-state index in [0.29, 0.717) is 12.5 Å². The number of carbonyl (C=O) groups excluding carboxylic acids is 1. The minimum absolute atomic E-state index is 0.100. The highest BCUT2D eigenvalue weighted by atomic mass is 16.4. The molecule has 4 bridgehead atoms. The lowest BCUT2D eigenvalue weighted by molar-refractivity contribution is -0.161. The molecule has 5 aliphatic rings. The van der Waals surface area contributed by atoms with E-state index in [1.54, 1.807) is 4.90 Å². The zero-order valence-corrected chi connectivity index (χ0v) is 12.6. The minimum Gasteiger partial charge on any atom is -0.480 e. The van der Waals surface area contributed by atoms with E-state index in [2.05, 4.69) is 0 Å². The van der Waals surface area contributed by atoms with Crippen LogP contribution in [0, 0.1) is 29.1 Å². The molecular weight excluding hydrogens is 266 g/mol. The first-order valence-corrected chi connectivity index (χ1v) is 8.55. The van der Waals surface area contributed by atoms with Crippen LogP contribution in [0.25, 0.3) is 0 Å². The molecule has 0 heterocycles. The highest BCUT2D eigenvalue weighted by molar-refractivity contribution is 5.86. The molecule has 0 unspecified atom stereocenters. The second kappa shape index (κ2) is 4.72. The maximum atomic E-state index is 13.2. The van der Waals surface area contributed by atoms with Gasteiger partial charge in [0.1, 0.15) is 6.54 Å². The van der Waals surface area contributed by atoms with Gasteiger partial charge < -0.3 is 10.0 Å². The van der Waals surface area contributed by atoms with Crippen LogP contribution in [0.4, 0.5) is 0 Å². The van der Waals surface area contributed by atoms with Gasteiger partial charge in [0, 0.05) is 6.54 Å². The number of nitrogens with zero attached hydrogens (tertiary/aromatic N) is 1. The van der Waals surface area contributed by atoms with Crippen LogP contribution in [-0.4, -0.2) is 35.0 Å². The lowest BCUT2D eigenvalue weighted by Gasteiger charge is -2.56. The smallest absolute Gasteiger partial charge is 0.323 e. The van der Waals surface area contributed by atoms with Crippen molar-refractivity contribution in [2.75, 3.05) is 13.1 Å². The number of amides is 1. The SMILES string of the molecule is O=C(O)CN(CC1CC1)C(=O)C12CC3CC(CC(C3)C1)C2. The lowest BCUT2D eigenvalue weighted by Crippen LogP contribution is -2.55. The monoisotopic (exact) mass is 291 g/mol. The molecule has 5 saturated carbocycles. The van der Waals surface area contributed by atoms with E-state index in [0.717, 1.165) is 49.9 Å². The van der Waals surface area contributed by atoms with Gasteiger partial charge in [-0.05, 0) is 75.0 Å². The van der Waals surface area contributed by atoms with E-state index in [4.69, 9.17) is 5.11 Å². The van der Waals surface area contributed by atoms with Gasteiger partial charge >= 0.3 is 5.97 Å². The van der Waals surface area contributed by atoms with Crippen molar-refractivity contribution in [3.05, 3.63) is 0 Å². The Morgan fingerprint density at radius 1 is 1.00 bits per heavy atom. The quantitative estimate of drug-likeness (QED) is 0.847. The van der Waals surface area contributed by atoms with Gasteiger partial charge in [0.15, 0.2) is 0 Å². The van der Waals surface area contributed by atoms with E-state index in [-0.39, 0.29) is 17.9 Å². The predicted octanol–water partition coefficient (Wildman–Crippen LogP) is 2.53. The molecule has 0 radical (unpaired) electrons. The Bertz CT molecular complexity index is 433. The first-order valence-electron chi connectivity index (χ1n) is 8.55. The Hall–Kier alpha value is -1.06. The summed E-state index contributed by atoms with van der Waals surface area (Å²) in [5, 5.41) is 9.15. The second-order valence-electron chi connectivity index (χ2n) is 8.22. The molecule has 0 spiro atoms. The van der Waals surface area contributed by atoms with Crippen LogP contribution in [-0.2, 0) is 9.59 Å². The van der Waals surface area contributed by atoms with Crippen molar-refractivity contribution in [1.82, 2.24) is 4.90 Å². The molecule has 21 heavy (non-hydrogen) atoms. The summed E-state index contributed by atoms with van der Waals surface area (Å²) in [6, 6.07) is 0. The molecule has 0 aromatic rings. The van der Waals surface area contributed by atoms with Crippen LogP contribution in [0.15, 0.2) is 0 Å². The van der Waals surface area contributed by atoms with Gasteiger partial charge in [-0.3, -0.25) is 9.59 Å². The van der Waals surface area contributed by atoms with E-state index in [9.17, 15) is 9.59 Å². The molecule has 5 rings (SSSR count). The van der Waals surface area contributed by atoms with Crippen molar-refractivity contribution in [2.24, 2.45) is 29.1 Å². The van der Waals surface area contributed by atoms with Crippen molar-refractivity contribution in [1.29, 1.82) is 0 Å². The molecule has 0 atom stereocenters. The number of carbonyl (C=O) groups is 2. The molecule has 0 saturated heterocycles. The molecular formula is C17H25NO3. The first kappa shape index (κ1) is 13.6. The van der Waals surface area contributed by atoms with Crippen molar-refractivity contribution < 1.29 is 14.7 Å².